The van der Waals surface area contributed by atoms with E-state index in [0.717, 1.165) is 0 Å². The van der Waals surface area contributed by atoms with Gasteiger partial charge in [-0.15, -0.1) is 0 Å². The van der Waals surface area contributed by atoms with Gasteiger partial charge in [0.1, 0.15) is 11.9 Å². The van der Waals surface area contributed by atoms with Gasteiger partial charge in [-0.25, -0.2) is 9.18 Å². The monoisotopic (exact) mass is 254 g/mol. The van der Waals surface area contributed by atoms with Gasteiger partial charge < -0.3 is 10.4 Å². The number of nitrogens with one attached hydrogen (secondary N) is 1. The Balaban J connectivity index is 2.83. The van der Waals surface area contributed by atoms with E-state index in [1.54, 1.807) is 13.0 Å². The largest absolute Gasteiger partial charge is 0.480 e. The first-order chi connectivity index (χ1) is 8.45. The number of amides is 2. The van der Waals surface area contributed by atoms with Crippen LogP contribution in [0.5, 0.6) is 0 Å². The fourth-order valence-corrected chi connectivity index (χ4v) is 1.41. The summed E-state index contributed by atoms with van der Waals surface area (Å²) < 4.78 is 13.1. The molecule has 18 heavy (non-hydrogen) atoms. The summed E-state index contributed by atoms with van der Waals surface area (Å²) in [5.74, 6) is -1.58. The zero-order valence-corrected chi connectivity index (χ0v) is 10.2. The first kappa shape index (κ1) is 14.0. The third-order valence-corrected chi connectivity index (χ3v) is 2.39. The Morgan fingerprint density at radius 2 is 2.17 bits per heavy atom. The van der Waals surface area contributed by atoms with E-state index in [9.17, 15) is 14.0 Å². The van der Waals surface area contributed by atoms with Gasteiger partial charge in [-0.1, -0.05) is 6.07 Å². The van der Waals surface area contributed by atoms with Crippen molar-refractivity contribution < 1.29 is 19.1 Å². The molecule has 6 heteroatoms. The van der Waals surface area contributed by atoms with Crippen LogP contribution in [0.3, 0.4) is 0 Å². The molecule has 0 aliphatic carbocycles. The average molecular weight is 254 g/mol. The fraction of sp³-hybridized carbons (Fsp3) is 0.333. The summed E-state index contributed by atoms with van der Waals surface area (Å²) in [6.07, 6.45) is 0. The van der Waals surface area contributed by atoms with Gasteiger partial charge in [0.05, 0.1) is 0 Å². The van der Waals surface area contributed by atoms with Gasteiger partial charge in [-0.3, -0.25) is 9.69 Å². The molecule has 0 fully saturated rings. The number of hydrogen-bond donors (Lipinski definition) is 2. The van der Waals surface area contributed by atoms with Crippen LogP contribution in [0.4, 0.5) is 14.9 Å². The highest BCUT2D eigenvalue weighted by Gasteiger charge is 2.19. The van der Waals surface area contributed by atoms with E-state index in [1.807, 2.05) is 0 Å². The zero-order valence-electron chi connectivity index (χ0n) is 10.2. The van der Waals surface area contributed by atoms with Crippen molar-refractivity contribution in [1.29, 1.82) is 0 Å². The van der Waals surface area contributed by atoms with E-state index in [0.29, 0.717) is 12.2 Å². The molecule has 2 N–H and O–H groups in total. The molecule has 0 spiro atoms. The van der Waals surface area contributed by atoms with Gasteiger partial charge in [-0.05, 0) is 32.0 Å². The highest BCUT2D eigenvalue weighted by molar-refractivity contribution is 5.94. The number of carboxylic acids is 1. The molecule has 1 aromatic carbocycles. The van der Waals surface area contributed by atoms with Gasteiger partial charge in [0.25, 0.3) is 0 Å². The van der Waals surface area contributed by atoms with Crippen molar-refractivity contribution in [1.82, 2.24) is 5.32 Å². The molecular formula is C12H15FN2O3. The molecule has 0 saturated carbocycles. The Kier molecular flexibility index (Phi) is 4.65. The van der Waals surface area contributed by atoms with Crippen molar-refractivity contribution in [2.75, 3.05) is 11.4 Å². The molecule has 0 aliphatic heterocycles. The molecule has 0 aromatic heterocycles. The Hall–Kier alpha value is -2.11. The summed E-state index contributed by atoms with van der Waals surface area (Å²) in [7, 11) is 0. The molecule has 1 rings (SSSR count). The van der Waals surface area contributed by atoms with Crippen molar-refractivity contribution >= 4 is 17.7 Å². The van der Waals surface area contributed by atoms with Crippen LogP contribution in [0.25, 0.3) is 0 Å². The van der Waals surface area contributed by atoms with Crippen molar-refractivity contribution in [3.63, 3.8) is 0 Å². The van der Waals surface area contributed by atoms with E-state index in [1.165, 1.54) is 30.0 Å². The van der Waals surface area contributed by atoms with Gasteiger partial charge in [0.15, 0.2) is 0 Å². The predicted octanol–water partition coefficient (Wildman–Crippen LogP) is 1.83. The molecule has 0 radical (unpaired) electrons. The molecule has 0 aliphatic rings. The van der Waals surface area contributed by atoms with E-state index < -0.39 is 23.9 Å². The molecule has 0 unspecified atom stereocenters. The number of anilines is 1. The lowest BCUT2D eigenvalue weighted by molar-refractivity contribution is -0.138. The molecule has 2 amide bonds. The van der Waals surface area contributed by atoms with Crippen LogP contribution in [-0.2, 0) is 4.79 Å². The maximum absolute atomic E-state index is 13.1. The van der Waals surface area contributed by atoms with Gasteiger partial charge in [0, 0.05) is 12.2 Å². The second kappa shape index (κ2) is 6.00. The number of nitrogens with zero attached hydrogens (tertiary/aromatic N) is 1. The van der Waals surface area contributed by atoms with Crippen LogP contribution in [0.1, 0.15) is 13.8 Å². The van der Waals surface area contributed by atoms with Crippen molar-refractivity contribution in [3.8, 4) is 0 Å². The minimum absolute atomic E-state index is 0.307. The number of urea groups is 1. The van der Waals surface area contributed by atoms with Gasteiger partial charge >= 0.3 is 12.0 Å². The molecule has 5 nitrogen and oxygen atoms in total. The molecule has 0 saturated heterocycles. The van der Waals surface area contributed by atoms with Crippen molar-refractivity contribution in [2.45, 2.75) is 19.9 Å². The number of rotatable bonds is 4. The van der Waals surface area contributed by atoms with Crippen LogP contribution in [0, 0.1) is 5.82 Å². The summed E-state index contributed by atoms with van der Waals surface area (Å²) in [6.45, 7) is 3.39. The molecule has 1 aromatic rings. The topological polar surface area (TPSA) is 69.6 Å². The minimum atomic E-state index is -1.13. The lowest BCUT2D eigenvalue weighted by Gasteiger charge is -2.22. The van der Waals surface area contributed by atoms with Crippen molar-refractivity contribution in [3.05, 3.63) is 30.1 Å². The Morgan fingerprint density at radius 1 is 1.50 bits per heavy atom. The third kappa shape index (κ3) is 3.44. The number of hydrogen-bond acceptors (Lipinski definition) is 2. The maximum atomic E-state index is 13.1. The van der Waals surface area contributed by atoms with E-state index in [-0.39, 0.29) is 0 Å². The highest BCUT2D eigenvalue weighted by atomic mass is 19.1. The molecule has 0 bridgehead atoms. The van der Waals surface area contributed by atoms with Crippen LogP contribution in [-0.4, -0.2) is 29.7 Å². The maximum Gasteiger partial charge on any atom is 0.325 e. The lowest BCUT2D eigenvalue weighted by atomic mass is 10.3. The van der Waals surface area contributed by atoms with Crippen LogP contribution in [0.15, 0.2) is 24.3 Å². The molecule has 0 heterocycles. The van der Waals surface area contributed by atoms with E-state index >= 15 is 0 Å². The highest BCUT2D eigenvalue weighted by Crippen LogP contribution is 2.15. The molecular weight excluding hydrogens is 239 g/mol. The summed E-state index contributed by atoms with van der Waals surface area (Å²) in [6, 6.07) is 3.99. The summed E-state index contributed by atoms with van der Waals surface area (Å²) in [4.78, 5) is 23.7. The SMILES string of the molecule is CCN(C(=O)N[C@@H](C)C(=O)O)c1cccc(F)c1. The second-order valence-electron chi connectivity index (χ2n) is 3.73. The quantitative estimate of drug-likeness (QED) is 0.861. The Morgan fingerprint density at radius 3 is 2.67 bits per heavy atom. The minimum Gasteiger partial charge on any atom is -0.480 e. The van der Waals surface area contributed by atoms with Gasteiger partial charge in [-0.2, -0.15) is 0 Å². The van der Waals surface area contributed by atoms with E-state index in [2.05, 4.69) is 5.32 Å². The number of carboxylic acid groups (broad SMARTS) is 1. The summed E-state index contributed by atoms with van der Waals surface area (Å²) in [5.41, 5.74) is 0.382. The number of carbonyl (C=O) groups excluding carboxylic acids is 1. The standard InChI is InChI=1S/C12H15FN2O3/c1-3-15(10-6-4-5-9(13)7-10)12(18)14-8(2)11(16)17/h4-8H,3H2,1-2H3,(H,14,18)(H,16,17)/t8-/m0/s1. The number of benzene rings is 1. The number of aliphatic carboxylic acids is 1. The first-order valence-corrected chi connectivity index (χ1v) is 5.52. The normalized spacial score (nSPS) is 11.7. The third-order valence-electron chi connectivity index (χ3n) is 2.39. The Labute approximate surface area is 104 Å². The zero-order chi connectivity index (χ0) is 13.7. The fourth-order valence-electron chi connectivity index (χ4n) is 1.41. The summed E-state index contributed by atoms with van der Waals surface area (Å²) in [5, 5.41) is 11.0. The smallest absolute Gasteiger partial charge is 0.325 e. The van der Waals surface area contributed by atoms with Crippen LogP contribution in [0.2, 0.25) is 0 Å². The second-order valence-corrected chi connectivity index (χ2v) is 3.73. The first-order valence-electron chi connectivity index (χ1n) is 5.52. The molecule has 1 atom stereocenters. The van der Waals surface area contributed by atoms with Crippen LogP contribution >= 0.6 is 0 Å². The number of halogens is 1. The summed E-state index contributed by atoms with van der Waals surface area (Å²) >= 11 is 0. The van der Waals surface area contributed by atoms with E-state index in [4.69, 9.17) is 5.11 Å². The van der Waals surface area contributed by atoms with Crippen molar-refractivity contribution in [2.24, 2.45) is 0 Å². The lowest BCUT2D eigenvalue weighted by Crippen LogP contribution is -2.46. The Bertz CT molecular complexity index is 451. The average Bonchev–Trinajstić information content (AvgIpc) is 2.29. The molecule has 98 valence electrons. The number of carbonyl (C=O) groups is 2. The van der Waals surface area contributed by atoms with Crippen LogP contribution < -0.4 is 10.2 Å². The predicted molar refractivity (Wildman–Crippen MR) is 65.0 cm³/mol. The van der Waals surface area contributed by atoms with Gasteiger partial charge in [0.2, 0.25) is 0 Å².